The lowest BCUT2D eigenvalue weighted by atomic mass is 9.98. The van der Waals surface area contributed by atoms with Gasteiger partial charge in [-0.2, -0.15) is 4.98 Å². The number of imidazole rings is 1. The Balaban J connectivity index is 0.981. The van der Waals surface area contributed by atoms with Crippen LogP contribution in [-0.2, 0) is 142 Å². The third kappa shape index (κ3) is 21.2. The van der Waals surface area contributed by atoms with Gasteiger partial charge < -0.3 is 33.2 Å². The molecule has 2 aromatic heterocycles. The van der Waals surface area contributed by atoms with Crippen molar-refractivity contribution in [3.05, 3.63) is 336 Å². The van der Waals surface area contributed by atoms with Gasteiger partial charge in [0, 0.05) is 0 Å². The smallest absolute Gasteiger partial charge is 0.475 e. The van der Waals surface area contributed by atoms with E-state index in [-0.39, 0.29) is 89.7 Å². The van der Waals surface area contributed by atoms with Gasteiger partial charge in [0.1, 0.15) is 49.1 Å². The highest BCUT2D eigenvalue weighted by Gasteiger charge is 2.59. The van der Waals surface area contributed by atoms with Gasteiger partial charge in [-0.15, -0.1) is 0 Å². The van der Waals surface area contributed by atoms with E-state index in [9.17, 15) is 0 Å². The van der Waals surface area contributed by atoms with Crippen LogP contribution in [0, 0.1) is 0 Å². The van der Waals surface area contributed by atoms with Crippen LogP contribution in [0.1, 0.15) is 56.3 Å². The highest BCUT2D eigenvalue weighted by molar-refractivity contribution is 7.49. The number of rotatable bonds is 39. The van der Waals surface area contributed by atoms with Gasteiger partial charge in [-0.25, -0.2) is 23.7 Å². The molecule has 11 aromatic rings. The Labute approximate surface area is 615 Å². The highest BCUT2D eigenvalue weighted by Crippen LogP contribution is 2.60. The first kappa shape index (κ1) is 75.6. The van der Waals surface area contributed by atoms with E-state index in [0.29, 0.717) is 38.9 Å². The molecule has 0 bridgehead atoms. The first-order valence-corrected chi connectivity index (χ1v) is 38.9. The molecule has 9 atom stereocenters. The SMILES string of the molecule is COc1ncnc2c1ncn2[C@@H]1O[C@H](COCc2ccccc2)[C@@H](O[C@H]2O[C@H](COCc3ccccc3)[C@@H](OP(=O)(OCc3ccccc3)OCc3ccccc3)[C@H](OP(=O)(OCc3ccccc3)OCc3ccccc3)[C@H]2OCc2ccccc2)[C@H]1OP(=O)(OCc1ccccc1)OCc1ccccc1. The van der Waals surface area contributed by atoms with Crippen molar-refractivity contribution in [1.29, 1.82) is 0 Å². The van der Waals surface area contributed by atoms with E-state index in [4.69, 9.17) is 78.9 Å². The van der Waals surface area contributed by atoms with E-state index in [0.717, 1.165) is 11.1 Å². The van der Waals surface area contributed by atoms with Gasteiger partial charge in [0.05, 0.1) is 86.1 Å². The predicted octanol–water partition coefficient (Wildman–Crippen LogP) is 16.6. The van der Waals surface area contributed by atoms with Crippen LogP contribution in [0.4, 0.5) is 0 Å². The van der Waals surface area contributed by atoms with E-state index in [1.807, 2.05) is 224 Å². The minimum Gasteiger partial charge on any atom is -0.479 e. The number of ether oxygens (including phenoxy) is 7. The molecular formula is C80H81N4O19P3. The number of nitrogens with zero attached hydrogens (tertiary/aromatic N) is 4. The van der Waals surface area contributed by atoms with Crippen molar-refractivity contribution in [2.24, 2.45) is 0 Å². The summed E-state index contributed by atoms with van der Waals surface area (Å²) >= 11 is 0. The average Bonchev–Trinajstić information content (AvgIpc) is 1.54. The fourth-order valence-electron chi connectivity index (χ4n) is 11.8. The van der Waals surface area contributed by atoms with Gasteiger partial charge in [0.15, 0.2) is 23.7 Å². The maximum absolute atomic E-state index is 16.5. The number of hydrogen-bond donors (Lipinski definition) is 0. The topological polar surface area (TPSA) is 242 Å². The zero-order chi connectivity index (χ0) is 72.6. The Morgan fingerprint density at radius 1 is 0.349 bits per heavy atom. The number of phosphoric ester groups is 3. The zero-order valence-corrected chi connectivity index (χ0v) is 60.7. The van der Waals surface area contributed by atoms with E-state index < -0.39 is 78.7 Å². The van der Waals surface area contributed by atoms with Crippen LogP contribution in [0.2, 0.25) is 0 Å². The second kappa shape index (κ2) is 37.8. The molecule has 0 N–H and O–H groups in total. The molecular weight excluding hydrogens is 1410 g/mol. The Hall–Kier alpha value is -8.58. The van der Waals surface area contributed by atoms with Gasteiger partial charge in [-0.1, -0.05) is 273 Å². The van der Waals surface area contributed by atoms with Crippen LogP contribution in [0.5, 0.6) is 5.88 Å². The Morgan fingerprint density at radius 3 is 1.03 bits per heavy atom. The van der Waals surface area contributed by atoms with Crippen molar-refractivity contribution < 1.29 is 87.6 Å². The first-order valence-electron chi connectivity index (χ1n) is 34.5. The molecule has 550 valence electrons. The number of aromatic nitrogens is 4. The third-order valence-corrected chi connectivity index (χ3v) is 21.4. The summed E-state index contributed by atoms with van der Waals surface area (Å²) in [6.07, 6.45) is -11.4. The lowest BCUT2D eigenvalue weighted by Crippen LogP contribution is -2.62. The normalized spacial score (nSPS) is 19.8. The summed E-state index contributed by atoms with van der Waals surface area (Å²) in [6, 6.07) is 82.7. The maximum Gasteiger partial charge on any atom is 0.475 e. The van der Waals surface area contributed by atoms with E-state index >= 15 is 13.7 Å². The molecule has 0 spiro atoms. The molecule has 0 unspecified atom stereocenters. The molecule has 2 fully saturated rings. The van der Waals surface area contributed by atoms with Crippen molar-refractivity contribution in [2.75, 3.05) is 20.3 Å². The predicted molar refractivity (Wildman–Crippen MR) is 391 cm³/mol. The van der Waals surface area contributed by atoms with Gasteiger partial charge in [0.25, 0.3) is 0 Å². The van der Waals surface area contributed by atoms with Crippen LogP contribution < -0.4 is 4.74 Å². The Kier molecular flexibility index (Phi) is 27.0. The van der Waals surface area contributed by atoms with Crippen molar-refractivity contribution >= 4 is 34.6 Å². The quantitative estimate of drug-likeness (QED) is 0.0325. The summed E-state index contributed by atoms with van der Waals surface area (Å²) in [5.74, 6) is 0.147. The molecule has 106 heavy (non-hydrogen) atoms. The molecule has 2 aliphatic heterocycles. The second-order valence-corrected chi connectivity index (χ2v) is 29.6. The van der Waals surface area contributed by atoms with E-state index in [2.05, 4.69) is 9.97 Å². The standard InChI is InChI=1S/C80H81N4O19P3/c1-88-78-71-77(81-58-82-78)84(59-83-71)79-75(103-106(87,96-54-67-43-25-9-26-44-67)97-55-68-45-27-10-28-46-68)72(69(98-79)56-89-47-60-29-11-2-12-30-60)100-80-76(91-49-62-33-15-4-16-34-62)74(102-105(86,94-52-65-39-21-7-22-40-65)95-53-66-41-23-8-24-42-66)73(70(99-80)57-90-48-61-31-13-3-14-32-61)101-104(85,92-50-63-35-17-5-18-36-63)93-51-64-37-19-6-20-38-64/h2-46,58-59,69-70,72-76,79-80H,47-57H2,1H3/t69-,70-,72-,73-,74+,75-,76-,79-,80-/m1/s1. The van der Waals surface area contributed by atoms with Crippen molar-refractivity contribution in [3.63, 3.8) is 0 Å². The molecule has 26 heteroatoms. The minimum absolute atomic E-state index is 0.0211. The fraction of sp³-hybridized carbons (Fsp3) is 0.263. The molecule has 0 radical (unpaired) electrons. The molecule has 9 aromatic carbocycles. The van der Waals surface area contributed by atoms with Crippen LogP contribution in [0.25, 0.3) is 11.2 Å². The average molecular weight is 1500 g/mol. The summed E-state index contributed by atoms with van der Waals surface area (Å²) in [5.41, 5.74) is 6.52. The lowest BCUT2D eigenvalue weighted by molar-refractivity contribution is -0.325. The van der Waals surface area contributed by atoms with Gasteiger partial charge in [-0.3, -0.25) is 45.3 Å². The number of hydrogen-bond acceptors (Lipinski definition) is 22. The number of phosphoric acid groups is 3. The summed E-state index contributed by atoms with van der Waals surface area (Å²) in [4.78, 5) is 13.7. The number of benzene rings is 9. The summed E-state index contributed by atoms with van der Waals surface area (Å²) in [6.45, 7) is -2.28. The van der Waals surface area contributed by atoms with E-state index in [1.165, 1.54) is 19.8 Å². The monoisotopic (exact) mass is 1490 g/mol. The van der Waals surface area contributed by atoms with Crippen molar-refractivity contribution in [2.45, 2.75) is 115 Å². The van der Waals surface area contributed by atoms with Crippen molar-refractivity contribution in [1.82, 2.24) is 19.5 Å². The zero-order valence-electron chi connectivity index (χ0n) is 58.0. The molecule has 4 heterocycles. The van der Waals surface area contributed by atoms with Crippen LogP contribution >= 0.6 is 23.5 Å². The van der Waals surface area contributed by atoms with Gasteiger partial charge in [0.2, 0.25) is 5.88 Å². The lowest BCUT2D eigenvalue weighted by Gasteiger charge is -2.47. The summed E-state index contributed by atoms with van der Waals surface area (Å²) in [7, 11) is -13.4. The largest absolute Gasteiger partial charge is 0.479 e. The molecule has 13 rings (SSSR count). The minimum atomic E-state index is -5.03. The molecule has 0 saturated carbocycles. The van der Waals surface area contributed by atoms with Crippen molar-refractivity contribution in [3.8, 4) is 5.88 Å². The highest BCUT2D eigenvalue weighted by atomic mass is 31.2. The third-order valence-electron chi connectivity index (χ3n) is 17.2. The summed E-state index contributed by atoms with van der Waals surface area (Å²) < 4.78 is 159. The molecule has 2 aliphatic rings. The molecule has 23 nitrogen and oxygen atoms in total. The fourth-order valence-corrected chi connectivity index (χ4v) is 15.9. The Bertz CT molecular complexity index is 4440. The van der Waals surface area contributed by atoms with Crippen LogP contribution in [-0.4, -0.2) is 88.9 Å². The van der Waals surface area contributed by atoms with Gasteiger partial charge in [-0.05, 0) is 50.1 Å². The van der Waals surface area contributed by atoms with Gasteiger partial charge >= 0.3 is 23.5 Å². The number of fused-ring (bicyclic) bond motifs is 1. The maximum atomic E-state index is 16.5. The number of methoxy groups -OCH3 is 1. The molecule has 2 saturated heterocycles. The summed E-state index contributed by atoms with van der Waals surface area (Å²) in [5, 5.41) is 0. The second-order valence-electron chi connectivity index (χ2n) is 24.8. The van der Waals surface area contributed by atoms with Crippen LogP contribution in [0.3, 0.4) is 0 Å². The van der Waals surface area contributed by atoms with Crippen LogP contribution in [0.15, 0.2) is 286 Å². The first-order chi connectivity index (χ1) is 52.0. The molecule has 0 aliphatic carbocycles. The molecule has 0 amide bonds. The Morgan fingerprint density at radius 2 is 0.670 bits per heavy atom. The van der Waals surface area contributed by atoms with E-state index in [1.54, 1.807) is 53.1 Å².